The van der Waals surface area contributed by atoms with Crippen LogP contribution in [0.2, 0.25) is 0 Å². The van der Waals surface area contributed by atoms with Gasteiger partial charge in [0.1, 0.15) is 11.1 Å². The summed E-state index contributed by atoms with van der Waals surface area (Å²) in [6.45, 7) is 8.81. The second kappa shape index (κ2) is 7.31. The van der Waals surface area contributed by atoms with E-state index < -0.39 is 11.7 Å². The topological polar surface area (TPSA) is 79.6 Å². The molecular weight excluding hydrogens is 368 g/mol. The Labute approximate surface area is 170 Å². The molecule has 1 atom stereocenters. The summed E-state index contributed by atoms with van der Waals surface area (Å²) in [7, 11) is 0. The maximum Gasteiger partial charge on any atom is 0.407 e. The van der Waals surface area contributed by atoms with Gasteiger partial charge in [-0.1, -0.05) is 12.1 Å². The molecule has 7 nitrogen and oxygen atoms in total. The van der Waals surface area contributed by atoms with Crippen LogP contribution in [0.1, 0.15) is 27.7 Å². The van der Waals surface area contributed by atoms with Crippen molar-refractivity contribution in [3.8, 4) is 11.5 Å². The average molecular weight is 394 g/mol. The minimum atomic E-state index is -0.500. The Morgan fingerprint density at radius 2 is 2.07 bits per heavy atom. The molecule has 0 saturated heterocycles. The summed E-state index contributed by atoms with van der Waals surface area (Å²) < 4.78 is 11.2. The van der Waals surface area contributed by atoms with Gasteiger partial charge in [-0.2, -0.15) is 0 Å². The van der Waals surface area contributed by atoms with Gasteiger partial charge in [0.25, 0.3) is 0 Å². The molecule has 2 aromatic carbocycles. The molecule has 7 heteroatoms. The summed E-state index contributed by atoms with van der Waals surface area (Å²) in [4.78, 5) is 18.6. The number of ether oxygens (including phenoxy) is 1. The summed E-state index contributed by atoms with van der Waals surface area (Å²) >= 11 is 0. The molecule has 4 rings (SSSR count). The number of amides is 1. The third-order valence-corrected chi connectivity index (χ3v) is 4.70. The van der Waals surface area contributed by atoms with E-state index in [1.54, 1.807) is 0 Å². The molecule has 0 aliphatic carbocycles. The molecule has 1 aliphatic heterocycles. The molecular formula is C22H26N4O3. The normalized spacial score (nSPS) is 15.9. The van der Waals surface area contributed by atoms with Crippen LogP contribution in [0.5, 0.6) is 0 Å². The minimum Gasteiger partial charge on any atom is -0.444 e. The van der Waals surface area contributed by atoms with E-state index in [0.717, 1.165) is 28.0 Å². The highest BCUT2D eigenvalue weighted by Gasteiger charge is 2.26. The number of alkyl carbamates (subject to hydrolysis) is 1. The Hall–Kier alpha value is -3.22. The molecule has 0 spiro atoms. The van der Waals surface area contributed by atoms with Crippen molar-refractivity contribution in [2.75, 3.05) is 23.3 Å². The van der Waals surface area contributed by atoms with Crippen LogP contribution < -0.4 is 15.5 Å². The summed E-state index contributed by atoms with van der Waals surface area (Å²) in [5.41, 5.74) is 4.16. The molecule has 0 fully saturated rings. The Kier molecular flexibility index (Phi) is 4.82. The van der Waals surface area contributed by atoms with Crippen LogP contribution in [0, 0.1) is 0 Å². The molecule has 1 amide bonds. The molecule has 1 aromatic heterocycles. The number of fused-ring (bicyclic) bond motifs is 2. The number of nitrogens with zero attached hydrogens (tertiary/aromatic N) is 2. The number of carbonyl (C=O) groups excluding carboxylic acids is 1. The quantitative estimate of drug-likeness (QED) is 0.673. The number of hydrogen-bond donors (Lipinski definition) is 2. The van der Waals surface area contributed by atoms with Gasteiger partial charge in [0.2, 0.25) is 5.89 Å². The van der Waals surface area contributed by atoms with Crippen LogP contribution in [0.4, 0.5) is 16.2 Å². The van der Waals surface area contributed by atoms with Crippen LogP contribution in [-0.4, -0.2) is 35.9 Å². The van der Waals surface area contributed by atoms with Gasteiger partial charge in [-0.3, -0.25) is 0 Å². The van der Waals surface area contributed by atoms with Crippen molar-refractivity contribution in [2.24, 2.45) is 0 Å². The van der Waals surface area contributed by atoms with Crippen molar-refractivity contribution in [2.45, 2.75) is 39.5 Å². The molecule has 2 heterocycles. The molecule has 2 N–H and O–H groups in total. The number of nitrogens with one attached hydrogen (secondary N) is 2. The van der Waals surface area contributed by atoms with Crippen molar-refractivity contribution in [3.63, 3.8) is 0 Å². The lowest BCUT2D eigenvalue weighted by Gasteiger charge is -2.25. The summed E-state index contributed by atoms with van der Waals surface area (Å²) in [6, 6.07) is 13.9. The van der Waals surface area contributed by atoms with Gasteiger partial charge in [-0.25, -0.2) is 9.78 Å². The number of para-hydroxylation sites is 2. The molecule has 1 unspecified atom stereocenters. The number of oxazole rings is 1. The first-order chi connectivity index (χ1) is 13.8. The summed E-state index contributed by atoms with van der Waals surface area (Å²) in [5, 5.41) is 6.29. The molecule has 1 aliphatic rings. The lowest BCUT2D eigenvalue weighted by molar-refractivity contribution is 0.0529. The highest BCUT2D eigenvalue weighted by Crippen LogP contribution is 2.37. The maximum absolute atomic E-state index is 11.9. The lowest BCUT2D eigenvalue weighted by Crippen LogP contribution is -2.41. The smallest absolute Gasteiger partial charge is 0.407 e. The first-order valence-corrected chi connectivity index (χ1v) is 9.80. The van der Waals surface area contributed by atoms with Crippen molar-refractivity contribution in [3.05, 3.63) is 42.5 Å². The molecule has 0 radical (unpaired) electrons. The van der Waals surface area contributed by atoms with Crippen LogP contribution in [0.15, 0.2) is 46.9 Å². The Bertz CT molecular complexity index is 1000. The van der Waals surface area contributed by atoms with Gasteiger partial charge in [0.15, 0.2) is 5.58 Å². The molecule has 3 aromatic rings. The summed E-state index contributed by atoms with van der Waals surface area (Å²) in [6.07, 6.45) is -0.284. The van der Waals surface area contributed by atoms with Crippen LogP contribution in [0.3, 0.4) is 0 Å². The number of hydrogen-bond acceptors (Lipinski definition) is 6. The minimum absolute atomic E-state index is 0.115. The molecule has 0 bridgehead atoms. The number of aromatic nitrogens is 1. The van der Waals surface area contributed by atoms with E-state index in [0.29, 0.717) is 19.0 Å². The van der Waals surface area contributed by atoms with Crippen molar-refractivity contribution >= 4 is 28.6 Å². The first kappa shape index (κ1) is 19.1. The molecule has 152 valence electrons. The van der Waals surface area contributed by atoms with Gasteiger partial charge in [0.05, 0.1) is 17.5 Å². The highest BCUT2D eigenvalue weighted by atomic mass is 16.6. The predicted molar refractivity (Wildman–Crippen MR) is 114 cm³/mol. The monoisotopic (exact) mass is 394 g/mol. The van der Waals surface area contributed by atoms with E-state index >= 15 is 0 Å². The third-order valence-electron chi connectivity index (χ3n) is 4.70. The molecule has 0 saturated carbocycles. The van der Waals surface area contributed by atoms with Gasteiger partial charge in [0, 0.05) is 18.7 Å². The fourth-order valence-corrected chi connectivity index (χ4v) is 3.45. The number of rotatable bonds is 4. The fraction of sp³-hybridized carbons (Fsp3) is 0.364. The summed E-state index contributed by atoms with van der Waals surface area (Å²) in [5.74, 6) is 0.605. The third kappa shape index (κ3) is 4.13. The number of carbonyl (C=O) groups is 1. The zero-order valence-corrected chi connectivity index (χ0v) is 17.2. The predicted octanol–water partition coefficient (Wildman–Crippen LogP) is 4.60. The van der Waals surface area contributed by atoms with Crippen molar-refractivity contribution in [1.29, 1.82) is 0 Å². The average Bonchev–Trinajstić information content (AvgIpc) is 3.20. The van der Waals surface area contributed by atoms with Gasteiger partial charge in [-0.05, 0) is 58.0 Å². The SMILES string of the molecule is CC1Nc2cc(-c3nc4ccccc4o3)ccc2N1CCNC(=O)OC(C)(C)C. The standard InChI is InChI=1S/C22H26N4O3/c1-14-24-17-13-15(20-25-16-7-5-6-8-19(16)28-20)9-10-18(17)26(14)12-11-23-21(27)29-22(2,3)4/h5-10,13-14,24H,11-12H2,1-4H3,(H,23,27). The van der Waals surface area contributed by atoms with Crippen molar-refractivity contribution in [1.82, 2.24) is 10.3 Å². The van der Waals surface area contributed by atoms with E-state index in [2.05, 4.69) is 39.6 Å². The Morgan fingerprint density at radius 3 is 2.83 bits per heavy atom. The van der Waals surface area contributed by atoms with Crippen molar-refractivity contribution < 1.29 is 13.9 Å². The van der Waals surface area contributed by atoms with E-state index in [1.807, 2.05) is 51.1 Å². The molecule has 29 heavy (non-hydrogen) atoms. The van der Waals surface area contributed by atoms with Crippen LogP contribution in [0.25, 0.3) is 22.6 Å². The fourth-order valence-electron chi connectivity index (χ4n) is 3.45. The van der Waals surface area contributed by atoms with Crippen LogP contribution in [-0.2, 0) is 4.74 Å². The van der Waals surface area contributed by atoms with E-state index in [1.165, 1.54) is 0 Å². The van der Waals surface area contributed by atoms with Gasteiger partial charge < -0.3 is 24.7 Å². The second-order valence-corrected chi connectivity index (χ2v) is 8.16. The highest BCUT2D eigenvalue weighted by molar-refractivity contribution is 5.82. The largest absolute Gasteiger partial charge is 0.444 e. The van der Waals surface area contributed by atoms with Gasteiger partial charge in [-0.15, -0.1) is 0 Å². The zero-order chi connectivity index (χ0) is 20.6. The first-order valence-electron chi connectivity index (χ1n) is 9.80. The zero-order valence-electron chi connectivity index (χ0n) is 17.2. The Balaban J connectivity index is 1.45. The van der Waals surface area contributed by atoms with E-state index in [9.17, 15) is 4.79 Å². The second-order valence-electron chi connectivity index (χ2n) is 8.16. The van der Waals surface area contributed by atoms with Crippen LogP contribution >= 0.6 is 0 Å². The van der Waals surface area contributed by atoms with E-state index in [-0.39, 0.29) is 6.17 Å². The number of benzene rings is 2. The Morgan fingerprint density at radius 1 is 1.28 bits per heavy atom. The number of anilines is 2. The van der Waals surface area contributed by atoms with Gasteiger partial charge >= 0.3 is 6.09 Å². The lowest BCUT2D eigenvalue weighted by atomic mass is 10.1. The van der Waals surface area contributed by atoms with E-state index in [4.69, 9.17) is 9.15 Å². The maximum atomic E-state index is 11.9.